The molecule has 0 saturated carbocycles. The highest BCUT2D eigenvalue weighted by atomic mass is 35.5. The van der Waals surface area contributed by atoms with Crippen molar-refractivity contribution in [1.29, 1.82) is 0 Å². The van der Waals surface area contributed by atoms with Gasteiger partial charge >= 0.3 is 0 Å². The molecule has 0 aliphatic heterocycles. The van der Waals surface area contributed by atoms with Gasteiger partial charge in [0.05, 0.1) is 22.5 Å². The maximum absolute atomic E-state index is 11.3. The molecule has 0 fully saturated rings. The minimum absolute atomic E-state index is 0.00383. The SMILES string of the molecule is Nc1[nH]n2cc(-c3ccc(Cl)cc3)nc2c1N=Nc1ccc(S(N)(=O)=O)cc1. The monoisotopic (exact) mass is 415 g/mol. The van der Waals surface area contributed by atoms with Gasteiger partial charge in [-0.15, -0.1) is 5.11 Å². The number of imidazole rings is 1. The third kappa shape index (κ3) is 3.48. The summed E-state index contributed by atoms with van der Waals surface area (Å²) in [6, 6.07) is 13.0. The number of fused-ring (bicyclic) bond motifs is 1. The summed E-state index contributed by atoms with van der Waals surface area (Å²) in [5, 5.41) is 16.9. The summed E-state index contributed by atoms with van der Waals surface area (Å²) in [6.07, 6.45) is 1.79. The zero-order valence-electron chi connectivity index (χ0n) is 14.2. The lowest BCUT2D eigenvalue weighted by molar-refractivity contribution is 0.598. The number of nitrogens with one attached hydrogen (secondary N) is 1. The van der Waals surface area contributed by atoms with Gasteiger partial charge in [-0.2, -0.15) is 5.11 Å². The highest BCUT2D eigenvalue weighted by Gasteiger charge is 2.14. The fourth-order valence-corrected chi connectivity index (χ4v) is 3.25. The van der Waals surface area contributed by atoms with Crippen molar-refractivity contribution >= 4 is 44.5 Å². The van der Waals surface area contributed by atoms with E-state index in [2.05, 4.69) is 20.3 Å². The smallest absolute Gasteiger partial charge is 0.238 e. The van der Waals surface area contributed by atoms with E-state index in [4.69, 9.17) is 22.5 Å². The number of primary sulfonamides is 1. The Kier molecular flexibility index (Phi) is 4.38. The molecule has 0 radical (unpaired) electrons. The maximum Gasteiger partial charge on any atom is 0.238 e. The van der Waals surface area contributed by atoms with Crippen LogP contribution in [0, 0.1) is 0 Å². The van der Waals surface area contributed by atoms with Crippen molar-refractivity contribution < 1.29 is 8.42 Å². The van der Waals surface area contributed by atoms with Gasteiger partial charge in [0.15, 0.2) is 11.3 Å². The fourth-order valence-electron chi connectivity index (χ4n) is 2.60. The lowest BCUT2D eigenvalue weighted by Gasteiger charge is -1.97. The Morgan fingerprint density at radius 2 is 1.71 bits per heavy atom. The number of anilines is 1. The topological polar surface area (TPSA) is 144 Å². The number of sulfonamides is 1. The van der Waals surface area contributed by atoms with Gasteiger partial charge in [0.25, 0.3) is 0 Å². The number of nitrogens with two attached hydrogens (primary N) is 2. The van der Waals surface area contributed by atoms with Gasteiger partial charge in [0, 0.05) is 10.6 Å². The summed E-state index contributed by atoms with van der Waals surface area (Å²) >= 11 is 5.92. The van der Waals surface area contributed by atoms with Gasteiger partial charge in [0.2, 0.25) is 10.0 Å². The number of halogens is 1. The highest BCUT2D eigenvalue weighted by molar-refractivity contribution is 7.89. The van der Waals surface area contributed by atoms with E-state index in [1.165, 1.54) is 24.3 Å². The number of benzene rings is 2. The van der Waals surface area contributed by atoms with E-state index in [1.54, 1.807) is 22.8 Å². The summed E-state index contributed by atoms with van der Waals surface area (Å²) in [6.45, 7) is 0. The van der Waals surface area contributed by atoms with Gasteiger partial charge in [-0.25, -0.2) is 23.1 Å². The second kappa shape index (κ2) is 6.75. The molecule has 5 N–H and O–H groups in total. The van der Waals surface area contributed by atoms with Crippen molar-refractivity contribution in [2.45, 2.75) is 4.90 Å². The zero-order chi connectivity index (χ0) is 19.9. The lowest BCUT2D eigenvalue weighted by atomic mass is 10.2. The summed E-state index contributed by atoms with van der Waals surface area (Å²) in [5.41, 5.74) is 8.90. The Labute approximate surface area is 164 Å². The average Bonchev–Trinajstić information content (AvgIpc) is 3.17. The molecule has 28 heavy (non-hydrogen) atoms. The Bertz CT molecular complexity index is 1290. The molecule has 2 aromatic carbocycles. The van der Waals surface area contributed by atoms with E-state index in [1.807, 2.05) is 12.1 Å². The fraction of sp³-hybridized carbons (Fsp3) is 0. The second-order valence-corrected chi connectivity index (χ2v) is 7.94. The Balaban J connectivity index is 1.67. The van der Waals surface area contributed by atoms with Crippen LogP contribution in [-0.4, -0.2) is 23.0 Å². The number of nitrogen functional groups attached to an aromatic ring is 1. The molecule has 0 saturated heterocycles. The minimum Gasteiger partial charge on any atom is -0.382 e. The number of H-pyrrole nitrogens is 1. The molecule has 11 heteroatoms. The predicted octanol–water partition coefficient (Wildman–Crippen LogP) is 3.63. The first-order chi connectivity index (χ1) is 13.3. The van der Waals surface area contributed by atoms with Crippen LogP contribution in [0.1, 0.15) is 0 Å². The summed E-state index contributed by atoms with van der Waals surface area (Å²) < 4.78 is 24.3. The molecule has 2 heterocycles. The summed E-state index contributed by atoms with van der Waals surface area (Å²) in [4.78, 5) is 4.55. The third-order valence-electron chi connectivity index (χ3n) is 3.98. The molecular weight excluding hydrogens is 402 g/mol. The quantitative estimate of drug-likeness (QED) is 0.437. The van der Waals surface area contributed by atoms with Crippen molar-refractivity contribution in [1.82, 2.24) is 14.6 Å². The van der Waals surface area contributed by atoms with Crippen molar-refractivity contribution in [3.8, 4) is 11.3 Å². The van der Waals surface area contributed by atoms with Gasteiger partial charge < -0.3 is 5.73 Å². The van der Waals surface area contributed by atoms with Crippen LogP contribution in [-0.2, 0) is 10.0 Å². The minimum atomic E-state index is -3.76. The van der Waals surface area contributed by atoms with Crippen molar-refractivity contribution in [2.24, 2.45) is 15.4 Å². The van der Waals surface area contributed by atoms with Crippen LogP contribution >= 0.6 is 11.6 Å². The van der Waals surface area contributed by atoms with E-state index in [-0.39, 0.29) is 4.90 Å². The number of azo groups is 1. The van der Waals surface area contributed by atoms with E-state index in [0.717, 1.165) is 11.3 Å². The van der Waals surface area contributed by atoms with E-state index >= 15 is 0 Å². The van der Waals surface area contributed by atoms with Gasteiger partial charge in [-0.3, -0.25) is 5.10 Å². The highest BCUT2D eigenvalue weighted by Crippen LogP contribution is 2.31. The molecule has 4 aromatic rings. The Hall–Kier alpha value is -3.21. The molecule has 4 rings (SSSR count). The molecular formula is C17H14ClN7O2S. The van der Waals surface area contributed by atoms with Crippen LogP contribution in [0.15, 0.2) is 69.9 Å². The molecule has 9 nitrogen and oxygen atoms in total. The average molecular weight is 416 g/mol. The first-order valence-corrected chi connectivity index (χ1v) is 9.91. The Morgan fingerprint density at radius 3 is 2.36 bits per heavy atom. The van der Waals surface area contributed by atoms with E-state index in [9.17, 15) is 8.42 Å². The van der Waals surface area contributed by atoms with Gasteiger partial charge in [-0.05, 0) is 36.4 Å². The molecule has 0 amide bonds. The molecule has 0 aliphatic rings. The zero-order valence-corrected chi connectivity index (χ0v) is 15.8. The number of aromatic amines is 1. The van der Waals surface area contributed by atoms with Crippen LogP contribution in [0.3, 0.4) is 0 Å². The molecule has 0 bridgehead atoms. The first-order valence-electron chi connectivity index (χ1n) is 7.98. The number of aromatic nitrogens is 3. The summed E-state index contributed by atoms with van der Waals surface area (Å²) in [5.74, 6) is 0.301. The molecule has 0 aliphatic carbocycles. The van der Waals surface area contributed by atoms with Crippen LogP contribution in [0.2, 0.25) is 5.02 Å². The largest absolute Gasteiger partial charge is 0.382 e. The molecule has 0 atom stereocenters. The van der Waals surface area contributed by atoms with Crippen LogP contribution in [0.25, 0.3) is 16.9 Å². The number of hydrogen-bond acceptors (Lipinski definition) is 6. The maximum atomic E-state index is 11.3. The second-order valence-electron chi connectivity index (χ2n) is 5.94. The first kappa shape index (κ1) is 18.2. The van der Waals surface area contributed by atoms with Crippen LogP contribution in [0.4, 0.5) is 17.2 Å². The molecule has 0 spiro atoms. The lowest BCUT2D eigenvalue weighted by Crippen LogP contribution is -2.11. The van der Waals surface area contributed by atoms with Crippen molar-refractivity contribution in [3.05, 3.63) is 59.8 Å². The van der Waals surface area contributed by atoms with Crippen molar-refractivity contribution in [3.63, 3.8) is 0 Å². The molecule has 2 aromatic heterocycles. The van der Waals surface area contributed by atoms with E-state index < -0.39 is 10.0 Å². The van der Waals surface area contributed by atoms with Gasteiger partial charge in [-0.1, -0.05) is 23.7 Å². The van der Waals surface area contributed by atoms with Crippen LogP contribution < -0.4 is 10.9 Å². The molecule has 0 unspecified atom stereocenters. The third-order valence-corrected chi connectivity index (χ3v) is 5.17. The van der Waals surface area contributed by atoms with Crippen molar-refractivity contribution in [2.75, 3.05) is 5.73 Å². The van der Waals surface area contributed by atoms with Gasteiger partial charge in [0.1, 0.15) is 5.82 Å². The number of hydrogen-bond donors (Lipinski definition) is 3. The molecule has 142 valence electrons. The predicted molar refractivity (Wildman–Crippen MR) is 106 cm³/mol. The Morgan fingerprint density at radius 1 is 1.04 bits per heavy atom. The normalized spacial score (nSPS) is 12.2. The van der Waals surface area contributed by atoms with E-state index in [0.29, 0.717) is 27.9 Å². The van der Waals surface area contributed by atoms with Crippen LogP contribution in [0.5, 0.6) is 0 Å². The number of rotatable bonds is 4. The standard InChI is InChI=1S/C17H14ClN7O2S/c18-11-3-1-10(2-4-11)14-9-25-17(21-14)15(16(19)24-25)23-22-12-5-7-13(8-6-12)28(20,26)27/h1-9,24H,19H2,(H2,20,26,27). The summed E-state index contributed by atoms with van der Waals surface area (Å²) in [7, 11) is -3.76. The number of nitrogens with zero attached hydrogens (tertiary/aromatic N) is 4.